The van der Waals surface area contributed by atoms with Gasteiger partial charge in [-0.1, -0.05) is 26.7 Å². The maximum absolute atomic E-state index is 11.8. The van der Waals surface area contributed by atoms with Gasteiger partial charge in [0.05, 0.1) is 6.54 Å². The average Bonchev–Trinajstić information content (AvgIpc) is 2.12. The fraction of sp³-hybridized carbons (Fsp3) is 0.750. The third kappa shape index (κ3) is 4.85. The number of rotatable bonds is 4. The summed E-state index contributed by atoms with van der Waals surface area (Å²) in [7, 11) is 0. The molecule has 0 bridgehead atoms. The van der Waals surface area contributed by atoms with E-state index in [-0.39, 0.29) is 17.4 Å². The summed E-state index contributed by atoms with van der Waals surface area (Å²) in [5.41, 5.74) is 5.89. The Morgan fingerprint density at radius 3 is 2.40 bits per heavy atom. The number of nitrogens with zero attached hydrogens (tertiary/aromatic N) is 1. The highest BCUT2D eigenvalue weighted by molar-refractivity contribution is 5.77. The van der Waals surface area contributed by atoms with Crippen molar-refractivity contribution in [2.45, 2.75) is 40.2 Å². The zero-order chi connectivity index (χ0) is 12.1. The van der Waals surface area contributed by atoms with Crippen LogP contribution in [0.25, 0.3) is 0 Å². The fourth-order valence-corrected chi connectivity index (χ4v) is 1.11. The summed E-state index contributed by atoms with van der Waals surface area (Å²) >= 11 is 0. The van der Waals surface area contributed by atoms with Crippen LogP contribution in [0.2, 0.25) is 0 Å². The highest BCUT2D eigenvalue weighted by Crippen LogP contribution is 2.20. The standard InChI is InChI=1S/C12H22N2O/c1-6-8-14(7-2)11(15)9-10(13)12(3,4)5/h1,10H,7-9,13H2,2-5H3. The van der Waals surface area contributed by atoms with Gasteiger partial charge in [0.25, 0.3) is 0 Å². The molecule has 0 rings (SSSR count). The lowest BCUT2D eigenvalue weighted by atomic mass is 9.85. The molecule has 1 amide bonds. The van der Waals surface area contributed by atoms with Gasteiger partial charge in [0.15, 0.2) is 0 Å². The monoisotopic (exact) mass is 210 g/mol. The summed E-state index contributed by atoms with van der Waals surface area (Å²) in [5, 5.41) is 0. The first-order valence-electron chi connectivity index (χ1n) is 5.29. The van der Waals surface area contributed by atoms with E-state index >= 15 is 0 Å². The van der Waals surface area contributed by atoms with Crippen LogP contribution in [0.1, 0.15) is 34.1 Å². The van der Waals surface area contributed by atoms with Crippen molar-refractivity contribution < 1.29 is 4.79 Å². The van der Waals surface area contributed by atoms with E-state index < -0.39 is 0 Å². The smallest absolute Gasteiger partial charge is 0.224 e. The van der Waals surface area contributed by atoms with E-state index in [0.29, 0.717) is 19.5 Å². The summed E-state index contributed by atoms with van der Waals surface area (Å²) in [6.45, 7) is 9.01. The highest BCUT2D eigenvalue weighted by Gasteiger charge is 2.24. The van der Waals surface area contributed by atoms with Crippen molar-refractivity contribution in [1.29, 1.82) is 0 Å². The summed E-state index contributed by atoms with van der Waals surface area (Å²) in [4.78, 5) is 13.4. The van der Waals surface area contributed by atoms with E-state index in [1.807, 2.05) is 27.7 Å². The molecule has 0 saturated carbocycles. The van der Waals surface area contributed by atoms with Crippen molar-refractivity contribution in [3.05, 3.63) is 0 Å². The Balaban J connectivity index is 4.30. The molecule has 3 heteroatoms. The molecule has 0 spiro atoms. The van der Waals surface area contributed by atoms with E-state index in [9.17, 15) is 4.79 Å². The second-order valence-corrected chi connectivity index (χ2v) is 4.79. The number of carbonyl (C=O) groups excluding carboxylic acids is 1. The molecule has 0 aliphatic heterocycles. The lowest BCUT2D eigenvalue weighted by Crippen LogP contribution is -2.41. The van der Waals surface area contributed by atoms with Crippen LogP contribution in [0, 0.1) is 17.8 Å². The largest absolute Gasteiger partial charge is 0.332 e. The number of carbonyl (C=O) groups is 1. The lowest BCUT2D eigenvalue weighted by Gasteiger charge is -2.28. The quantitative estimate of drug-likeness (QED) is 0.709. The average molecular weight is 210 g/mol. The molecule has 3 nitrogen and oxygen atoms in total. The van der Waals surface area contributed by atoms with Crippen LogP contribution in [0.3, 0.4) is 0 Å². The first kappa shape index (κ1) is 14.0. The van der Waals surface area contributed by atoms with Gasteiger partial charge in [0, 0.05) is 19.0 Å². The van der Waals surface area contributed by atoms with E-state index in [0.717, 1.165) is 0 Å². The maximum Gasteiger partial charge on any atom is 0.224 e. The minimum absolute atomic E-state index is 0.0397. The number of hydrogen-bond acceptors (Lipinski definition) is 2. The van der Waals surface area contributed by atoms with Gasteiger partial charge in [-0.25, -0.2) is 0 Å². The van der Waals surface area contributed by atoms with E-state index in [1.54, 1.807) is 4.90 Å². The van der Waals surface area contributed by atoms with Crippen LogP contribution in [-0.4, -0.2) is 29.9 Å². The molecular weight excluding hydrogens is 188 g/mol. The number of hydrogen-bond donors (Lipinski definition) is 1. The lowest BCUT2D eigenvalue weighted by molar-refractivity contribution is -0.131. The van der Waals surface area contributed by atoms with Crippen molar-refractivity contribution in [2.24, 2.45) is 11.1 Å². The Morgan fingerprint density at radius 2 is 2.07 bits per heavy atom. The van der Waals surface area contributed by atoms with Gasteiger partial charge >= 0.3 is 0 Å². The Hall–Kier alpha value is -1.01. The van der Waals surface area contributed by atoms with Gasteiger partial charge in [0.1, 0.15) is 0 Å². The van der Waals surface area contributed by atoms with Gasteiger partial charge in [-0.15, -0.1) is 6.42 Å². The van der Waals surface area contributed by atoms with Crippen LogP contribution in [0.5, 0.6) is 0 Å². The predicted octanol–water partition coefficient (Wildman–Crippen LogP) is 1.23. The van der Waals surface area contributed by atoms with Crippen molar-refractivity contribution in [3.63, 3.8) is 0 Å². The molecule has 1 unspecified atom stereocenters. The van der Waals surface area contributed by atoms with E-state index in [2.05, 4.69) is 5.92 Å². The predicted molar refractivity (Wildman–Crippen MR) is 63.1 cm³/mol. The van der Waals surface area contributed by atoms with Crippen LogP contribution in [-0.2, 0) is 4.79 Å². The third-order valence-electron chi connectivity index (χ3n) is 2.52. The molecule has 0 aliphatic carbocycles. The van der Waals surface area contributed by atoms with Gasteiger partial charge < -0.3 is 10.6 Å². The molecule has 0 aromatic rings. The zero-order valence-electron chi connectivity index (χ0n) is 10.2. The summed E-state index contributed by atoms with van der Waals surface area (Å²) in [5.74, 6) is 2.52. The Labute approximate surface area is 93.0 Å². The van der Waals surface area contributed by atoms with Crippen molar-refractivity contribution in [2.75, 3.05) is 13.1 Å². The fourth-order valence-electron chi connectivity index (χ4n) is 1.11. The second kappa shape index (κ2) is 5.77. The summed E-state index contributed by atoms with van der Waals surface area (Å²) in [6, 6.07) is -0.128. The van der Waals surface area contributed by atoms with Crippen molar-refractivity contribution >= 4 is 5.91 Å². The topological polar surface area (TPSA) is 46.3 Å². The van der Waals surface area contributed by atoms with Crippen LogP contribution < -0.4 is 5.73 Å². The molecule has 0 fully saturated rings. The summed E-state index contributed by atoms with van der Waals surface area (Å²) in [6.07, 6.45) is 5.54. The SMILES string of the molecule is C#CCN(CC)C(=O)CC(N)C(C)(C)C. The summed E-state index contributed by atoms with van der Waals surface area (Å²) < 4.78 is 0. The van der Waals surface area contributed by atoms with Crippen LogP contribution >= 0.6 is 0 Å². The van der Waals surface area contributed by atoms with Crippen molar-refractivity contribution in [1.82, 2.24) is 4.90 Å². The molecular formula is C12H22N2O. The molecule has 0 aliphatic rings. The first-order chi connectivity index (χ1) is 6.82. The van der Waals surface area contributed by atoms with Gasteiger partial charge in [0.2, 0.25) is 5.91 Å². The maximum atomic E-state index is 11.8. The Morgan fingerprint density at radius 1 is 1.53 bits per heavy atom. The van der Waals surface area contributed by atoms with Crippen LogP contribution in [0.4, 0.5) is 0 Å². The first-order valence-corrected chi connectivity index (χ1v) is 5.29. The minimum Gasteiger partial charge on any atom is -0.332 e. The Bertz CT molecular complexity index is 247. The van der Waals surface area contributed by atoms with Gasteiger partial charge in [-0.2, -0.15) is 0 Å². The molecule has 86 valence electrons. The zero-order valence-corrected chi connectivity index (χ0v) is 10.2. The number of terminal acetylenes is 1. The molecule has 0 heterocycles. The molecule has 0 aromatic heterocycles. The van der Waals surface area contributed by atoms with Gasteiger partial charge in [-0.05, 0) is 12.3 Å². The molecule has 15 heavy (non-hydrogen) atoms. The normalized spacial score (nSPS) is 13.1. The molecule has 0 aromatic carbocycles. The molecule has 0 saturated heterocycles. The van der Waals surface area contributed by atoms with Gasteiger partial charge in [-0.3, -0.25) is 4.79 Å². The van der Waals surface area contributed by atoms with Crippen molar-refractivity contribution in [3.8, 4) is 12.3 Å². The molecule has 0 radical (unpaired) electrons. The highest BCUT2D eigenvalue weighted by atomic mass is 16.2. The Kier molecular flexibility index (Phi) is 5.38. The molecule has 2 N–H and O–H groups in total. The number of nitrogens with two attached hydrogens (primary N) is 1. The third-order valence-corrected chi connectivity index (χ3v) is 2.52. The minimum atomic E-state index is -0.128. The van der Waals surface area contributed by atoms with Crippen LogP contribution in [0.15, 0.2) is 0 Å². The van der Waals surface area contributed by atoms with E-state index in [1.165, 1.54) is 0 Å². The molecule has 1 atom stereocenters. The number of amides is 1. The second-order valence-electron chi connectivity index (χ2n) is 4.79. The van der Waals surface area contributed by atoms with E-state index in [4.69, 9.17) is 12.2 Å².